The van der Waals surface area contributed by atoms with Gasteiger partial charge in [0.2, 0.25) is 0 Å². The molecule has 0 aromatic carbocycles. The zero-order valence-electron chi connectivity index (χ0n) is 5.16. The van der Waals surface area contributed by atoms with E-state index < -0.39 is 0 Å². The van der Waals surface area contributed by atoms with Crippen LogP contribution < -0.4 is 5.90 Å². The molecule has 0 atom stereocenters. The molecule has 0 fully saturated rings. The van der Waals surface area contributed by atoms with Crippen LogP contribution in [0.3, 0.4) is 0 Å². The molecule has 2 N–H and O–H groups in total. The van der Waals surface area contributed by atoms with Gasteiger partial charge in [0.1, 0.15) is 0 Å². The summed E-state index contributed by atoms with van der Waals surface area (Å²) in [6, 6.07) is 3.94. The van der Waals surface area contributed by atoms with Crippen molar-refractivity contribution in [2.75, 3.05) is 6.61 Å². The molecule has 0 saturated carbocycles. The van der Waals surface area contributed by atoms with Crippen molar-refractivity contribution in [3.05, 3.63) is 24.5 Å². The summed E-state index contributed by atoms with van der Waals surface area (Å²) in [5.41, 5.74) is 0. The van der Waals surface area contributed by atoms with Crippen LogP contribution in [0.4, 0.5) is 0 Å². The third kappa shape index (κ3) is 1.87. The standard InChI is InChI=1S/C6H10N2O/c7-9-6-5-8-3-1-2-4-8/h1-4H,5-7H2. The lowest BCUT2D eigenvalue weighted by Crippen LogP contribution is -2.07. The lowest BCUT2D eigenvalue weighted by Gasteiger charge is -1.98. The predicted molar refractivity (Wildman–Crippen MR) is 34.6 cm³/mol. The second kappa shape index (κ2) is 3.27. The van der Waals surface area contributed by atoms with Crippen LogP contribution in [0.5, 0.6) is 0 Å². The van der Waals surface area contributed by atoms with Crippen molar-refractivity contribution < 1.29 is 4.84 Å². The highest BCUT2D eigenvalue weighted by molar-refractivity contribution is 4.89. The van der Waals surface area contributed by atoms with Crippen LogP contribution in [0.2, 0.25) is 0 Å². The van der Waals surface area contributed by atoms with Crippen LogP contribution >= 0.6 is 0 Å². The number of nitrogens with zero attached hydrogens (tertiary/aromatic N) is 1. The number of rotatable bonds is 3. The van der Waals surface area contributed by atoms with Gasteiger partial charge in [-0.3, -0.25) is 0 Å². The topological polar surface area (TPSA) is 40.2 Å². The van der Waals surface area contributed by atoms with Crippen LogP contribution in [0.15, 0.2) is 24.5 Å². The second-order valence-electron chi connectivity index (χ2n) is 1.79. The first-order chi connectivity index (χ1) is 4.43. The molecule has 0 spiro atoms. The zero-order valence-corrected chi connectivity index (χ0v) is 5.16. The van der Waals surface area contributed by atoms with Crippen molar-refractivity contribution in [3.63, 3.8) is 0 Å². The Kier molecular flexibility index (Phi) is 2.30. The normalized spacial score (nSPS) is 9.89. The van der Waals surface area contributed by atoms with E-state index in [2.05, 4.69) is 4.84 Å². The Morgan fingerprint density at radius 3 is 2.56 bits per heavy atom. The highest BCUT2D eigenvalue weighted by Crippen LogP contribution is 1.87. The predicted octanol–water partition coefficient (Wildman–Crippen LogP) is 0.378. The highest BCUT2D eigenvalue weighted by Gasteiger charge is 1.84. The Bertz CT molecular complexity index is 148. The summed E-state index contributed by atoms with van der Waals surface area (Å²) in [6.07, 6.45) is 3.94. The Balaban J connectivity index is 2.30. The van der Waals surface area contributed by atoms with Crippen molar-refractivity contribution in [2.24, 2.45) is 5.90 Å². The van der Waals surface area contributed by atoms with Gasteiger partial charge in [-0.05, 0) is 12.1 Å². The lowest BCUT2D eigenvalue weighted by atomic mass is 10.7. The molecule has 0 unspecified atom stereocenters. The van der Waals surface area contributed by atoms with Crippen molar-refractivity contribution in [1.29, 1.82) is 0 Å². The fourth-order valence-electron chi connectivity index (χ4n) is 0.677. The smallest absolute Gasteiger partial charge is 0.0858 e. The fraction of sp³-hybridized carbons (Fsp3) is 0.333. The lowest BCUT2D eigenvalue weighted by molar-refractivity contribution is 0.129. The summed E-state index contributed by atoms with van der Waals surface area (Å²) < 4.78 is 2.01. The van der Waals surface area contributed by atoms with Gasteiger partial charge in [0, 0.05) is 18.9 Å². The van der Waals surface area contributed by atoms with Crippen LogP contribution in [-0.2, 0) is 11.4 Å². The first-order valence-corrected chi connectivity index (χ1v) is 2.86. The maximum atomic E-state index is 4.83. The van der Waals surface area contributed by atoms with Crippen LogP contribution in [-0.4, -0.2) is 11.2 Å². The molecule has 3 nitrogen and oxygen atoms in total. The minimum Gasteiger partial charge on any atom is -0.352 e. The van der Waals surface area contributed by atoms with E-state index in [1.807, 2.05) is 29.1 Å². The van der Waals surface area contributed by atoms with E-state index in [-0.39, 0.29) is 0 Å². The van der Waals surface area contributed by atoms with Crippen molar-refractivity contribution in [3.8, 4) is 0 Å². The average Bonchev–Trinajstić information content (AvgIpc) is 2.34. The maximum Gasteiger partial charge on any atom is 0.0858 e. The van der Waals surface area contributed by atoms with Gasteiger partial charge in [0.05, 0.1) is 6.61 Å². The van der Waals surface area contributed by atoms with E-state index in [9.17, 15) is 0 Å². The molecule has 0 aliphatic heterocycles. The largest absolute Gasteiger partial charge is 0.352 e. The van der Waals surface area contributed by atoms with E-state index >= 15 is 0 Å². The van der Waals surface area contributed by atoms with E-state index in [1.165, 1.54) is 0 Å². The molecule has 1 rings (SSSR count). The summed E-state index contributed by atoms with van der Waals surface area (Å²) in [5.74, 6) is 4.83. The summed E-state index contributed by atoms with van der Waals surface area (Å²) in [4.78, 5) is 4.39. The first kappa shape index (κ1) is 6.32. The van der Waals surface area contributed by atoms with E-state index in [1.54, 1.807) is 0 Å². The fourth-order valence-corrected chi connectivity index (χ4v) is 0.677. The van der Waals surface area contributed by atoms with Crippen LogP contribution in [0, 0.1) is 0 Å². The van der Waals surface area contributed by atoms with Crippen LogP contribution in [0.1, 0.15) is 0 Å². The molecule has 1 aromatic heterocycles. The highest BCUT2D eigenvalue weighted by atomic mass is 16.6. The van der Waals surface area contributed by atoms with Gasteiger partial charge in [0.15, 0.2) is 0 Å². The minimum absolute atomic E-state index is 0.564. The third-order valence-corrected chi connectivity index (χ3v) is 1.13. The Hall–Kier alpha value is -0.800. The van der Waals surface area contributed by atoms with E-state index in [0.29, 0.717) is 6.61 Å². The van der Waals surface area contributed by atoms with E-state index in [0.717, 1.165) is 6.54 Å². The SMILES string of the molecule is NOCCn1cccc1. The molecular weight excluding hydrogens is 116 g/mol. The number of hydrogen-bond acceptors (Lipinski definition) is 2. The summed E-state index contributed by atoms with van der Waals surface area (Å²) in [6.45, 7) is 1.39. The molecule has 0 amide bonds. The molecule has 1 aromatic rings. The van der Waals surface area contributed by atoms with Crippen LogP contribution in [0.25, 0.3) is 0 Å². The molecule has 1 heterocycles. The monoisotopic (exact) mass is 126 g/mol. The molecule has 0 saturated heterocycles. The summed E-state index contributed by atoms with van der Waals surface area (Å²) in [5, 5.41) is 0. The van der Waals surface area contributed by atoms with Gasteiger partial charge < -0.3 is 9.40 Å². The van der Waals surface area contributed by atoms with Crippen molar-refractivity contribution in [1.82, 2.24) is 4.57 Å². The summed E-state index contributed by atoms with van der Waals surface area (Å²) in [7, 11) is 0. The van der Waals surface area contributed by atoms with Gasteiger partial charge in [-0.1, -0.05) is 0 Å². The maximum absolute atomic E-state index is 4.83. The van der Waals surface area contributed by atoms with Gasteiger partial charge in [-0.15, -0.1) is 0 Å². The van der Waals surface area contributed by atoms with Gasteiger partial charge in [-0.2, -0.15) is 0 Å². The van der Waals surface area contributed by atoms with Gasteiger partial charge in [-0.25, -0.2) is 5.90 Å². The summed E-state index contributed by atoms with van der Waals surface area (Å²) >= 11 is 0. The van der Waals surface area contributed by atoms with E-state index in [4.69, 9.17) is 5.90 Å². The van der Waals surface area contributed by atoms with Crippen molar-refractivity contribution in [2.45, 2.75) is 6.54 Å². The van der Waals surface area contributed by atoms with Crippen molar-refractivity contribution >= 4 is 0 Å². The average molecular weight is 126 g/mol. The molecule has 9 heavy (non-hydrogen) atoms. The molecule has 0 aliphatic rings. The second-order valence-corrected chi connectivity index (χ2v) is 1.79. The molecule has 0 bridgehead atoms. The third-order valence-electron chi connectivity index (χ3n) is 1.13. The quantitative estimate of drug-likeness (QED) is 0.595. The molecular formula is C6H10N2O. The van der Waals surface area contributed by atoms with Gasteiger partial charge in [0.25, 0.3) is 0 Å². The molecule has 0 radical (unpaired) electrons. The number of aromatic nitrogens is 1. The van der Waals surface area contributed by atoms with Gasteiger partial charge >= 0.3 is 0 Å². The number of nitrogens with two attached hydrogens (primary N) is 1. The first-order valence-electron chi connectivity index (χ1n) is 2.86. The zero-order chi connectivity index (χ0) is 6.53. The molecule has 3 heteroatoms. The Morgan fingerprint density at radius 2 is 2.00 bits per heavy atom. The minimum atomic E-state index is 0.564. The molecule has 0 aliphatic carbocycles. The Labute approximate surface area is 54.0 Å². The number of hydrogen-bond donors (Lipinski definition) is 1. The molecule has 50 valence electrons. The Morgan fingerprint density at radius 1 is 1.33 bits per heavy atom.